The van der Waals surface area contributed by atoms with Crippen LogP contribution in [-0.4, -0.2) is 30.6 Å². The fourth-order valence-corrected chi connectivity index (χ4v) is 4.10. The van der Waals surface area contributed by atoms with Crippen LogP contribution in [0.4, 0.5) is 0 Å². The molecule has 0 radical (unpaired) electrons. The van der Waals surface area contributed by atoms with Crippen molar-refractivity contribution < 1.29 is 9.53 Å². The molecule has 1 aromatic carbocycles. The molecular weight excluding hydrogens is 328 g/mol. The number of hydrazine groups is 1. The van der Waals surface area contributed by atoms with Gasteiger partial charge in [0, 0.05) is 30.8 Å². The first kappa shape index (κ1) is 17.0. The Morgan fingerprint density at radius 2 is 2.19 bits per heavy atom. The van der Waals surface area contributed by atoms with Crippen molar-refractivity contribution in [1.29, 1.82) is 0 Å². The molecule has 3 N–H and O–H groups in total. The van der Waals surface area contributed by atoms with Crippen LogP contribution in [0, 0.1) is 5.92 Å². The number of carbonyl (C=O) groups is 1. The minimum Gasteiger partial charge on any atom is -0.496 e. The predicted octanol–water partition coefficient (Wildman–Crippen LogP) is 1.53. The van der Waals surface area contributed by atoms with Gasteiger partial charge in [0.15, 0.2) is 0 Å². The van der Waals surface area contributed by atoms with Gasteiger partial charge in [-0.25, -0.2) is 10.9 Å². The summed E-state index contributed by atoms with van der Waals surface area (Å²) in [6.07, 6.45) is 4.40. The molecule has 1 aromatic heterocycles. The molecule has 0 saturated carbocycles. The molecule has 1 aliphatic carbocycles. The lowest BCUT2D eigenvalue weighted by Crippen LogP contribution is -2.46. The third kappa shape index (κ3) is 3.18. The van der Waals surface area contributed by atoms with Crippen LogP contribution in [0.3, 0.4) is 0 Å². The number of nitrogens with one attached hydrogen (secondary N) is 3. The standard InChI is InChI=1S/C20H24N4O2/c1-26-17-7-4-6-15-14(17)8-9-16-18(15)23-24-19(16)20(25)22-12-10-13-5-2-3-11-21-13/h2-7,11,16,18-19,23-24H,8-10,12H2,1H3,(H,22,25). The molecule has 6 heteroatoms. The van der Waals surface area contributed by atoms with Crippen molar-refractivity contribution in [2.75, 3.05) is 13.7 Å². The summed E-state index contributed by atoms with van der Waals surface area (Å²) in [7, 11) is 1.71. The van der Waals surface area contributed by atoms with Crippen LogP contribution in [0.15, 0.2) is 42.6 Å². The third-order valence-corrected chi connectivity index (χ3v) is 5.39. The molecule has 6 nitrogen and oxygen atoms in total. The predicted molar refractivity (Wildman–Crippen MR) is 98.6 cm³/mol. The summed E-state index contributed by atoms with van der Waals surface area (Å²) < 4.78 is 5.50. The Morgan fingerprint density at radius 1 is 1.27 bits per heavy atom. The van der Waals surface area contributed by atoms with Gasteiger partial charge in [-0.05, 0) is 42.2 Å². The van der Waals surface area contributed by atoms with Crippen molar-refractivity contribution >= 4 is 5.91 Å². The van der Waals surface area contributed by atoms with Gasteiger partial charge >= 0.3 is 0 Å². The maximum atomic E-state index is 12.7. The van der Waals surface area contributed by atoms with Crippen LogP contribution in [0.25, 0.3) is 0 Å². The zero-order chi connectivity index (χ0) is 17.9. The number of rotatable bonds is 5. The number of ether oxygens (including phenoxy) is 1. The Balaban J connectivity index is 1.40. The second kappa shape index (κ2) is 7.43. The van der Waals surface area contributed by atoms with E-state index in [0.717, 1.165) is 30.7 Å². The van der Waals surface area contributed by atoms with Crippen molar-refractivity contribution in [3.63, 3.8) is 0 Å². The molecular formula is C20H24N4O2. The minimum absolute atomic E-state index is 0.0484. The van der Waals surface area contributed by atoms with E-state index < -0.39 is 0 Å². The number of hydrogen-bond donors (Lipinski definition) is 3. The van der Waals surface area contributed by atoms with Crippen LogP contribution in [0.1, 0.15) is 29.3 Å². The fraction of sp³-hybridized carbons (Fsp3) is 0.400. The van der Waals surface area contributed by atoms with E-state index in [-0.39, 0.29) is 23.9 Å². The number of hydrogen-bond acceptors (Lipinski definition) is 5. The Kier molecular flexibility index (Phi) is 4.86. The van der Waals surface area contributed by atoms with E-state index in [1.165, 1.54) is 11.1 Å². The number of nitrogens with zero attached hydrogens (tertiary/aromatic N) is 1. The van der Waals surface area contributed by atoms with Gasteiger partial charge in [0.2, 0.25) is 5.91 Å². The van der Waals surface area contributed by atoms with E-state index in [1.54, 1.807) is 13.3 Å². The summed E-state index contributed by atoms with van der Waals surface area (Å²) in [5.74, 6) is 1.22. The van der Waals surface area contributed by atoms with Crippen LogP contribution in [0.2, 0.25) is 0 Å². The smallest absolute Gasteiger partial charge is 0.238 e. The quantitative estimate of drug-likeness (QED) is 0.761. The minimum atomic E-state index is -0.219. The molecule has 136 valence electrons. The number of benzene rings is 1. The number of pyridine rings is 1. The van der Waals surface area contributed by atoms with E-state index in [9.17, 15) is 4.79 Å². The third-order valence-electron chi connectivity index (χ3n) is 5.39. The Hall–Kier alpha value is -2.44. The molecule has 1 saturated heterocycles. The molecule has 2 aromatic rings. The number of aromatic nitrogens is 1. The van der Waals surface area contributed by atoms with Gasteiger partial charge in [-0.3, -0.25) is 9.78 Å². The first-order valence-corrected chi connectivity index (χ1v) is 9.12. The van der Waals surface area contributed by atoms with Crippen molar-refractivity contribution in [3.8, 4) is 5.75 Å². The van der Waals surface area contributed by atoms with Gasteiger partial charge < -0.3 is 10.1 Å². The van der Waals surface area contributed by atoms with Crippen LogP contribution < -0.4 is 20.9 Å². The summed E-state index contributed by atoms with van der Waals surface area (Å²) in [6.45, 7) is 0.593. The van der Waals surface area contributed by atoms with E-state index in [2.05, 4.69) is 27.2 Å². The highest BCUT2D eigenvalue weighted by atomic mass is 16.5. The van der Waals surface area contributed by atoms with Gasteiger partial charge in [-0.15, -0.1) is 0 Å². The molecule has 2 aliphatic rings. The fourth-order valence-electron chi connectivity index (χ4n) is 4.10. The van der Waals surface area contributed by atoms with Gasteiger partial charge in [0.25, 0.3) is 0 Å². The first-order chi connectivity index (χ1) is 12.8. The van der Waals surface area contributed by atoms with Crippen molar-refractivity contribution in [2.45, 2.75) is 31.3 Å². The molecule has 4 rings (SSSR count). The van der Waals surface area contributed by atoms with Crippen molar-refractivity contribution in [3.05, 3.63) is 59.4 Å². The molecule has 1 aliphatic heterocycles. The van der Waals surface area contributed by atoms with Gasteiger partial charge in [-0.2, -0.15) is 0 Å². The molecule has 0 bridgehead atoms. The van der Waals surface area contributed by atoms with E-state index >= 15 is 0 Å². The molecule has 1 amide bonds. The topological polar surface area (TPSA) is 75.3 Å². The number of methoxy groups -OCH3 is 1. The first-order valence-electron chi connectivity index (χ1n) is 9.12. The van der Waals surface area contributed by atoms with Gasteiger partial charge in [-0.1, -0.05) is 18.2 Å². The summed E-state index contributed by atoms with van der Waals surface area (Å²) in [4.78, 5) is 17.0. The summed E-state index contributed by atoms with van der Waals surface area (Å²) in [5, 5.41) is 3.05. The Morgan fingerprint density at radius 3 is 3.00 bits per heavy atom. The van der Waals surface area contributed by atoms with E-state index in [1.807, 2.05) is 30.3 Å². The molecule has 2 heterocycles. The lowest BCUT2D eigenvalue weighted by atomic mass is 9.77. The second-order valence-corrected chi connectivity index (χ2v) is 6.84. The van der Waals surface area contributed by atoms with Gasteiger partial charge in [0.1, 0.15) is 11.8 Å². The monoisotopic (exact) mass is 352 g/mol. The maximum Gasteiger partial charge on any atom is 0.238 e. The largest absolute Gasteiger partial charge is 0.496 e. The highest BCUT2D eigenvalue weighted by Gasteiger charge is 2.43. The maximum absolute atomic E-state index is 12.7. The summed E-state index contributed by atoms with van der Waals surface area (Å²) in [6, 6.07) is 11.9. The lowest BCUT2D eigenvalue weighted by molar-refractivity contribution is -0.123. The SMILES string of the molecule is COc1cccc2c1CCC1C(C(=O)NCCc3ccccn3)NNC21. The Bertz CT molecular complexity index is 781. The highest BCUT2D eigenvalue weighted by Crippen LogP contribution is 2.41. The normalized spacial score (nSPS) is 23.8. The zero-order valence-electron chi connectivity index (χ0n) is 14.9. The number of fused-ring (bicyclic) bond motifs is 3. The highest BCUT2D eigenvalue weighted by molar-refractivity contribution is 5.82. The average molecular weight is 352 g/mol. The number of amides is 1. The Labute approximate surface area is 153 Å². The molecule has 3 unspecified atom stereocenters. The lowest BCUT2D eigenvalue weighted by Gasteiger charge is -2.30. The molecule has 3 atom stereocenters. The number of carbonyl (C=O) groups excluding carboxylic acids is 1. The summed E-state index contributed by atoms with van der Waals surface area (Å²) >= 11 is 0. The molecule has 1 fully saturated rings. The molecule has 0 spiro atoms. The molecule has 26 heavy (non-hydrogen) atoms. The zero-order valence-corrected chi connectivity index (χ0v) is 14.9. The summed E-state index contributed by atoms with van der Waals surface area (Å²) in [5.41, 5.74) is 10.0. The van der Waals surface area contributed by atoms with Crippen LogP contribution in [0.5, 0.6) is 5.75 Å². The van der Waals surface area contributed by atoms with E-state index in [0.29, 0.717) is 6.54 Å². The van der Waals surface area contributed by atoms with Crippen molar-refractivity contribution in [1.82, 2.24) is 21.2 Å². The van der Waals surface area contributed by atoms with Gasteiger partial charge in [0.05, 0.1) is 13.2 Å². The van der Waals surface area contributed by atoms with Crippen LogP contribution >= 0.6 is 0 Å². The second-order valence-electron chi connectivity index (χ2n) is 6.84. The van der Waals surface area contributed by atoms with Crippen molar-refractivity contribution in [2.24, 2.45) is 5.92 Å². The average Bonchev–Trinajstić information content (AvgIpc) is 3.13. The van der Waals surface area contributed by atoms with Crippen LogP contribution in [-0.2, 0) is 17.6 Å². The van der Waals surface area contributed by atoms with E-state index in [4.69, 9.17) is 4.74 Å².